The molecule has 1 aromatic carbocycles. The first-order valence-corrected chi connectivity index (χ1v) is 6.61. The Morgan fingerprint density at radius 2 is 2.06 bits per heavy atom. The van der Waals surface area contributed by atoms with Gasteiger partial charge in [0.2, 0.25) is 0 Å². The zero-order valence-electron chi connectivity index (χ0n) is 12.0. The lowest BCUT2D eigenvalue weighted by Gasteiger charge is -2.22. The quantitative estimate of drug-likeness (QED) is 0.807. The van der Waals surface area contributed by atoms with E-state index in [1.807, 2.05) is 0 Å². The third kappa shape index (κ3) is 5.63. The minimum absolute atomic E-state index is 0.0638. The van der Waals surface area contributed by atoms with Gasteiger partial charge >= 0.3 is 0 Å². The molecular weight excluding hydrogens is 224 g/mol. The molecule has 18 heavy (non-hydrogen) atoms. The van der Waals surface area contributed by atoms with Crippen LogP contribution in [-0.4, -0.2) is 37.7 Å². The molecule has 0 bridgehead atoms. The van der Waals surface area contributed by atoms with Crippen LogP contribution in [0.5, 0.6) is 0 Å². The summed E-state index contributed by atoms with van der Waals surface area (Å²) in [5.74, 6) is 0. The van der Waals surface area contributed by atoms with E-state index in [0.717, 1.165) is 19.7 Å². The third-order valence-electron chi connectivity index (χ3n) is 2.90. The molecule has 0 fully saturated rings. The first-order chi connectivity index (χ1) is 8.49. The van der Waals surface area contributed by atoms with Crippen LogP contribution in [-0.2, 0) is 4.74 Å². The number of likely N-dealkylation sites (N-methyl/N-ethyl adjacent to an activating group) is 1. The van der Waals surface area contributed by atoms with Crippen LogP contribution in [0.3, 0.4) is 0 Å². The molecule has 0 saturated heterocycles. The molecule has 3 heteroatoms. The Balaban J connectivity index is 2.37. The zero-order valence-corrected chi connectivity index (χ0v) is 12.0. The molecule has 0 radical (unpaired) electrons. The van der Waals surface area contributed by atoms with Gasteiger partial charge in [-0.05, 0) is 33.4 Å². The molecule has 1 atom stereocenters. The molecule has 0 spiro atoms. The topological polar surface area (TPSA) is 38.5 Å². The van der Waals surface area contributed by atoms with Crippen LogP contribution in [0, 0.1) is 6.92 Å². The SMILES string of the molecule is Cc1cccc(C(N)CN(C)CCOC(C)C)c1. The molecule has 1 rings (SSSR count). The van der Waals surface area contributed by atoms with Gasteiger partial charge in [0.05, 0.1) is 12.7 Å². The highest BCUT2D eigenvalue weighted by Gasteiger charge is 2.09. The van der Waals surface area contributed by atoms with Crippen molar-refractivity contribution < 1.29 is 4.74 Å². The highest BCUT2D eigenvalue weighted by molar-refractivity contribution is 5.24. The Morgan fingerprint density at radius 1 is 1.33 bits per heavy atom. The van der Waals surface area contributed by atoms with Crippen molar-refractivity contribution in [3.63, 3.8) is 0 Å². The standard InChI is InChI=1S/C15H26N2O/c1-12(2)18-9-8-17(4)11-15(16)14-7-5-6-13(3)10-14/h5-7,10,12,15H,8-9,11,16H2,1-4H3. The monoisotopic (exact) mass is 250 g/mol. The number of ether oxygens (including phenoxy) is 1. The lowest BCUT2D eigenvalue weighted by Crippen LogP contribution is -2.32. The fraction of sp³-hybridized carbons (Fsp3) is 0.600. The van der Waals surface area contributed by atoms with Gasteiger partial charge in [-0.25, -0.2) is 0 Å². The largest absolute Gasteiger partial charge is 0.377 e. The molecule has 0 aliphatic carbocycles. The van der Waals surface area contributed by atoms with Crippen molar-refractivity contribution >= 4 is 0 Å². The van der Waals surface area contributed by atoms with E-state index in [1.54, 1.807) is 0 Å². The van der Waals surface area contributed by atoms with Gasteiger partial charge < -0.3 is 15.4 Å². The lowest BCUT2D eigenvalue weighted by atomic mass is 10.0. The van der Waals surface area contributed by atoms with Crippen LogP contribution in [0.25, 0.3) is 0 Å². The van der Waals surface area contributed by atoms with E-state index in [4.69, 9.17) is 10.5 Å². The van der Waals surface area contributed by atoms with Gasteiger partial charge in [0.15, 0.2) is 0 Å². The van der Waals surface area contributed by atoms with Crippen LogP contribution in [0.15, 0.2) is 24.3 Å². The third-order valence-corrected chi connectivity index (χ3v) is 2.90. The summed E-state index contributed by atoms with van der Waals surface area (Å²) in [6.07, 6.45) is 0.295. The minimum atomic E-state index is 0.0638. The molecule has 2 N–H and O–H groups in total. The molecule has 1 aromatic rings. The van der Waals surface area contributed by atoms with Crippen molar-refractivity contribution in [2.24, 2.45) is 5.73 Å². The average Bonchev–Trinajstić information content (AvgIpc) is 2.28. The van der Waals surface area contributed by atoms with Crippen molar-refractivity contribution in [2.45, 2.75) is 32.9 Å². The number of hydrogen-bond donors (Lipinski definition) is 1. The highest BCUT2D eigenvalue weighted by atomic mass is 16.5. The van der Waals surface area contributed by atoms with E-state index < -0.39 is 0 Å². The second-order valence-corrected chi connectivity index (χ2v) is 5.20. The number of benzene rings is 1. The molecule has 0 aliphatic rings. The maximum atomic E-state index is 6.21. The number of nitrogens with two attached hydrogens (primary N) is 1. The minimum Gasteiger partial charge on any atom is -0.377 e. The summed E-state index contributed by atoms with van der Waals surface area (Å²) in [4.78, 5) is 2.22. The van der Waals surface area contributed by atoms with E-state index in [2.05, 4.69) is 57.0 Å². The molecule has 0 heterocycles. The molecule has 1 unspecified atom stereocenters. The summed E-state index contributed by atoms with van der Waals surface area (Å²) >= 11 is 0. The summed E-state index contributed by atoms with van der Waals surface area (Å²) in [7, 11) is 2.08. The summed E-state index contributed by atoms with van der Waals surface area (Å²) in [5.41, 5.74) is 8.67. The Kier molecular flexibility index (Phi) is 6.33. The van der Waals surface area contributed by atoms with E-state index in [9.17, 15) is 0 Å². The van der Waals surface area contributed by atoms with E-state index in [-0.39, 0.29) is 6.04 Å². The molecule has 0 amide bonds. The second-order valence-electron chi connectivity index (χ2n) is 5.20. The van der Waals surface area contributed by atoms with E-state index >= 15 is 0 Å². The predicted molar refractivity (Wildman–Crippen MR) is 76.7 cm³/mol. The van der Waals surface area contributed by atoms with Gasteiger partial charge in [0.25, 0.3) is 0 Å². The average molecular weight is 250 g/mol. The van der Waals surface area contributed by atoms with Gasteiger partial charge in [-0.1, -0.05) is 29.8 Å². The molecule has 102 valence electrons. The first-order valence-electron chi connectivity index (χ1n) is 6.61. The molecule has 0 aliphatic heterocycles. The Morgan fingerprint density at radius 3 is 2.67 bits per heavy atom. The number of aryl methyl sites for hydroxylation is 1. The van der Waals surface area contributed by atoms with E-state index in [0.29, 0.717) is 6.10 Å². The number of nitrogens with zero attached hydrogens (tertiary/aromatic N) is 1. The molecule has 0 aromatic heterocycles. The molecule has 3 nitrogen and oxygen atoms in total. The fourth-order valence-electron chi connectivity index (χ4n) is 1.88. The van der Waals surface area contributed by atoms with Crippen LogP contribution >= 0.6 is 0 Å². The summed E-state index contributed by atoms with van der Waals surface area (Å²) in [6, 6.07) is 8.47. The van der Waals surface area contributed by atoms with Crippen molar-refractivity contribution in [1.82, 2.24) is 4.90 Å². The number of rotatable bonds is 7. The summed E-state index contributed by atoms with van der Waals surface area (Å²) in [5, 5.41) is 0. The van der Waals surface area contributed by atoms with Gasteiger partial charge in [-0.3, -0.25) is 0 Å². The Hall–Kier alpha value is -0.900. The van der Waals surface area contributed by atoms with Crippen LogP contribution in [0.1, 0.15) is 31.0 Å². The fourth-order valence-corrected chi connectivity index (χ4v) is 1.88. The van der Waals surface area contributed by atoms with Gasteiger partial charge in [-0.2, -0.15) is 0 Å². The maximum absolute atomic E-state index is 6.21. The maximum Gasteiger partial charge on any atom is 0.0596 e. The Bertz CT molecular complexity index is 352. The van der Waals surface area contributed by atoms with Gasteiger partial charge in [0, 0.05) is 19.1 Å². The lowest BCUT2D eigenvalue weighted by molar-refractivity contribution is 0.0629. The molecular formula is C15H26N2O. The normalized spacial score (nSPS) is 13.3. The van der Waals surface area contributed by atoms with Crippen molar-refractivity contribution in [3.05, 3.63) is 35.4 Å². The first kappa shape index (κ1) is 15.2. The van der Waals surface area contributed by atoms with E-state index in [1.165, 1.54) is 11.1 Å². The molecule has 0 saturated carbocycles. The second kappa shape index (κ2) is 7.52. The van der Waals surface area contributed by atoms with Crippen LogP contribution < -0.4 is 5.73 Å². The van der Waals surface area contributed by atoms with Gasteiger partial charge in [0.1, 0.15) is 0 Å². The highest BCUT2D eigenvalue weighted by Crippen LogP contribution is 2.12. The van der Waals surface area contributed by atoms with Crippen LogP contribution in [0.4, 0.5) is 0 Å². The smallest absolute Gasteiger partial charge is 0.0596 e. The van der Waals surface area contributed by atoms with Crippen molar-refractivity contribution in [3.8, 4) is 0 Å². The van der Waals surface area contributed by atoms with Crippen molar-refractivity contribution in [1.29, 1.82) is 0 Å². The summed E-state index contributed by atoms with van der Waals surface area (Å²) < 4.78 is 5.54. The zero-order chi connectivity index (χ0) is 13.5. The van der Waals surface area contributed by atoms with Crippen LogP contribution in [0.2, 0.25) is 0 Å². The van der Waals surface area contributed by atoms with Gasteiger partial charge in [-0.15, -0.1) is 0 Å². The number of hydrogen-bond acceptors (Lipinski definition) is 3. The van der Waals surface area contributed by atoms with Crippen molar-refractivity contribution in [2.75, 3.05) is 26.7 Å². The predicted octanol–water partition coefficient (Wildman–Crippen LogP) is 2.35. The Labute approximate surface area is 111 Å². The summed E-state index contributed by atoms with van der Waals surface area (Å²) in [6.45, 7) is 8.73.